The lowest BCUT2D eigenvalue weighted by Crippen LogP contribution is -2.14. The molecule has 0 aliphatic carbocycles. The van der Waals surface area contributed by atoms with Crippen LogP contribution in [0.1, 0.15) is 19.3 Å². The Morgan fingerprint density at radius 2 is 2.00 bits per heavy atom. The molecule has 60 valence electrons. The molecular weight excluding hydrogens is 160 g/mol. The SMILES string of the molecule is C=CCCCC[Si](C)(C)Cl. The maximum Gasteiger partial charge on any atom is 0.150 e. The number of unbranched alkanes of at least 4 members (excludes halogenated alkanes) is 2. The van der Waals surface area contributed by atoms with E-state index >= 15 is 0 Å². The van der Waals surface area contributed by atoms with E-state index in [0.717, 1.165) is 6.42 Å². The molecule has 0 amide bonds. The van der Waals surface area contributed by atoms with Gasteiger partial charge in [-0.3, -0.25) is 0 Å². The summed E-state index contributed by atoms with van der Waals surface area (Å²) in [6, 6.07) is 1.24. The maximum atomic E-state index is 6.13. The van der Waals surface area contributed by atoms with Crippen LogP contribution >= 0.6 is 11.1 Å². The largest absolute Gasteiger partial charge is 0.168 e. The van der Waals surface area contributed by atoms with Crippen molar-refractivity contribution in [1.29, 1.82) is 0 Å². The highest BCUT2D eigenvalue weighted by atomic mass is 35.6. The van der Waals surface area contributed by atoms with Crippen molar-refractivity contribution in [2.24, 2.45) is 0 Å². The molecule has 0 unspecified atom stereocenters. The second-order valence-corrected chi connectivity index (χ2v) is 10.3. The molecular formula is C8H17ClSi. The van der Waals surface area contributed by atoms with Crippen molar-refractivity contribution in [2.45, 2.75) is 38.4 Å². The van der Waals surface area contributed by atoms with Crippen molar-refractivity contribution in [3.05, 3.63) is 12.7 Å². The zero-order valence-electron chi connectivity index (χ0n) is 6.99. The fourth-order valence-electron chi connectivity index (χ4n) is 0.834. The number of rotatable bonds is 5. The zero-order chi connectivity index (χ0) is 8.04. The summed E-state index contributed by atoms with van der Waals surface area (Å²) in [7, 11) is -1.27. The molecule has 0 radical (unpaired) electrons. The summed E-state index contributed by atoms with van der Waals surface area (Å²) >= 11 is 6.13. The Balaban J connectivity index is 3.12. The van der Waals surface area contributed by atoms with E-state index in [-0.39, 0.29) is 0 Å². The molecule has 0 heterocycles. The lowest BCUT2D eigenvalue weighted by atomic mass is 10.2. The van der Waals surface area contributed by atoms with Crippen LogP contribution in [-0.2, 0) is 0 Å². The van der Waals surface area contributed by atoms with Gasteiger partial charge in [0.15, 0.2) is 0 Å². The summed E-state index contributed by atoms with van der Waals surface area (Å²) in [5.74, 6) is 0. The van der Waals surface area contributed by atoms with Crippen molar-refractivity contribution >= 4 is 18.5 Å². The highest BCUT2D eigenvalue weighted by molar-refractivity contribution is 7.19. The van der Waals surface area contributed by atoms with E-state index in [2.05, 4.69) is 19.7 Å². The standard InChI is InChI=1S/C8H17ClSi/c1-4-5-6-7-8-10(2,3)9/h4H,1,5-8H2,2-3H3. The van der Waals surface area contributed by atoms with Crippen molar-refractivity contribution in [3.8, 4) is 0 Å². The molecule has 0 rings (SSSR count). The minimum Gasteiger partial charge on any atom is -0.168 e. The Labute approximate surface area is 70.0 Å². The van der Waals surface area contributed by atoms with Crippen LogP contribution in [0.15, 0.2) is 12.7 Å². The van der Waals surface area contributed by atoms with Gasteiger partial charge in [0.05, 0.1) is 0 Å². The fraction of sp³-hybridized carbons (Fsp3) is 0.750. The van der Waals surface area contributed by atoms with Gasteiger partial charge in [0.1, 0.15) is 7.38 Å². The van der Waals surface area contributed by atoms with Crippen LogP contribution in [0.25, 0.3) is 0 Å². The van der Waals surface area contributed by atoms with E-state index in [1.165, 1.54) is 18.9 Å². The molecule has 0 fully saturated rings. The van der Waals surface area contributed by atoms with E-state index in [4.69, 9.17) is 11.1 Å². The highest BCUT2D eigenvalue weighted by Gasteiger charge is 2.14. The minimum atomic E-state index is -1.27. The number of allylic oxidation sites excluding steroid dienone is 1. The van der Waals surface area contributed by atoms with E-state index in [1.807, 2.05) is 6.08 Å². The summed E-state index contributed by atoms with van der Waals surface area (Å²) in [4.78, 5) is 0. The van der Waals surface area contributed by atoms with Crippen molar-refractivity contribution in [1.82, 2.24) is 0 Å². The molecule has 10 heavy (non-hydrogen) atoms. The smallest absolute Gasteiger partial charge is 0.150 e. The van der Waals surface area contributed by atoms with Crippen LogP contribution in [0.4, 0.5) is 0 Å². The first kappa shape index (κ1) is 10.2. The minimum absolute atomic E-state index is 1.14. The Bertz CT molecular complexity index is 93.9. The van der Waals surface area contributed by atoms with Gasteiger partial charge in [0, 0.05) is 0 Å². The lowest BCUT2D eigenvalue weighted by molar-refractivity contribution is 0.807. The predicted molar refractivity (Wildman–Crippen MR) is 52.2 cm³/mol. The average molecular weight is 177 g/mol. The molecule has 0 saturated carbocycles. The normalized spacial score (nSPS) is 11.5. The van der Waals surface area contributed by atoms with Crippen LogP contribution < -0.4 is 0 Å². The van der Waals surface area contributed by atoms with Crippen molar-refractivity contribution in [2.75, 3.05) is 0 Å². The second kappa shape index (κ2) is 4.97. The van der Waals surface area contributed by atoms with Gasteiger partial charge in [-0.2, -0.15) is 11.1 Å². The second-order valence-electron chi connectivity index (χ2n) is 3.25. The average Bonchev–Trinajstić information content (AvgIpc) is 1.78. The first-order chi connectivity index (χ1) is 4.56. The molecule has 0 nitrogen and oxygen atoms in total. The van der Waals surface area contributed by atoms with Gasteiger partial charge in [-0.1, -0.05) is 32.0 Å². The summed E-state index contributed by atoms with van der Waals surface area (Å²) in [6.07, 6.45) is 5.64. The summed E-state index contributed by atoms with van der Waals surface area (Å²) in [5.41, 5.74) is 0. The molecule has 0 aliphatic rings. The van der Waals surface area contributed by atoms with Crippen LogP contribution in [-0.4, -0.2) is 7.38 Å². The van der Waals surface area contributed by atoms with Gasteiger partial charge < -0.3 is 0 Å². The van der Waals surface area contributed by atoms with Gasteiger partial charge in [-0.25, -0.2) is 0 Å². The molecule has 0 bridgehead atoms. The van der Waals surface area contributed by atoms with E-state index < -0.39 is 7.38 Å². The Kier molecular flexibility index (Phi) is 5.09. The Morgan fingerprint density at radius 3 is 2.40 bits per heavy atom. The van der Waals surface area contributed by atoms with Gasteiger partial charge in [-0.15, -0.1) is 6.58 Å². The van der Waals surface area contributed by atoms with E-state index in [0.29, 0.717) is 0 Å². The molecule has 0 aliphatic heterocycles. The molecule has 0 aromatic heterocycles. The van der Waals surface area contributed by atoms with Gasteiger partial charge in [0.25, 0.3) is 0 Å². The lowest BCUT2D eigenvalue weighted by Gasteiger charge is -2.10. The van der Waals surface area contributed by atoms with Gasteiger partial charge in [-0.05, 0) is 12.5 Å². The van der Waals surface area contributed by atoms with Crippen LogP contribution in [0, 0.1) is 0 Å². The third-order valence-electron chi connectivity index (χ3n) is 1.43. The monoisotopic (exact) mass is 176 g/mol. The van der Waals surface area contributed by atoms with Crippen LogP contribution in [0.5, 0.6) is 0 Å². The van der Waals surface area contributed by atoms with Gasteiger partial charge >= 0.3 is 0 Å². The predicted octanol–water partition coefficient (Wildman–Crippen LogP) is 3.79. The first-order valence-corrected chi connectivity index (χ1v) is 8.08. The molecule has 0 aromatic rings. The Hall–Kier alpha value is 0.247. The van der Waals surface area contributed by atoms with Crippen LogP contribution in [0.2, 0.25) is 19.1 Å². The van der Waals surface area contributed by atoms with E-state index in [1.54, 1.807) is 0 Å². The fourth-order valence-corrected chi connectivity index (χ4v) is 2.33. The van der Waals surface area contributed by atoms with E-state index in [9.17, 15) is 0 Å². The third-order valence-corrected chi connectivity index (χ3v) is 3.54. The molecule has 0 spiro atoms. The first-order valence-electron chi connectivity index (χ1n) is 3.86. The van der Waals surface area contributed by atoms with Gasteiger partial charge in [0.2, 0.25) is 0 Å². The van der Waals surface area contributed by atoms with Crippen molar-refractivity contribution < 1.29 is 0 Å². The quantitative estimate of drug-likeness (QED) is 0.259. The van der Waals surface area contributed by atoms with Crippen molar-refractivity contribution in [3.63, 3.8) is 0 Å². The topological polar surface area (TPSA) is 0 Å². The molecule has 0 aromatic carbocycles. The maximum absolute atomic E-state index is 6.13. The molecule has 2 heteroatoms. The Morgan fingerprint density at radius 1 is 1.40 bits per heavy atom. The number of halogens is 1. The number of hydrogen-bond acceptors (Lipinski definition) is 0. The highest BCUT2D eigenvalue weighted by Crippen LogP contribution is 2.17. The van der Waals surface area contributed by atoms with Crippen LogP contribution in [0.3, 0.4) is 0 Å². The molecule has 0 N–H and O–H groups in total. The summed E-state index contributed by atoms with van der Waals surface area (Å²) in [6.45, 7) is 8.07. The number of hydrogen-bond donors (Lipinski definition) is 0. The zero-order valence-corrected chi connectivity index (χ0v) is 8.75. The summed E-state index contributed by atoms with van der Waals surface area (Å²) in [5, 5.41) is 0. The molecule has 0 saturated heterocycles. The third kappa shape index (κ3) is 8.25. The summed E-state index contributed by atoms with van der Waals surface area (Å²) < 4.78 is 0. The molecule has 0 atom stereocenters.